The number of likely N-dealkylation sites (tertiary alicyclic amines) is 1. The smallest absolute Gasteiger partial charge is 0.264 e. The van der Waals surface area contributed by atoms with E-state index in [1.165, 1.54) is 6.07 Å². The number of aryl methyl sites for hydroxylation is 3. The van der Waals surface area contributed by atoms with Gasteiger partial charge in [0.1, 0.15) is 0 Å². The molecular weight excluding hydrogens is 368 g/mol. The van der Waals surface area contributed by atoms with E-state index < -0.39 is 6.43 Å². The third kappa shape index (κ3) is 3.14. The molecular formula is C19H21F2N5O2. The molecule has 4 heterocycles. The molecule has 3 aromatic rings. The fourth-order valence-electron chi connectivity index (χ4n) is 3.91. The first-order chi connectivity index (χ1) is 13.3. The zero-order valence-corrected chi connectivity index (χ0v) is 15.9. The van der Waals surface area contributed by atoms with E-state index in [-0.39, 0.29) is 28.5 Å². The molecule has 1 fully saturated rings. The summed E-state index contributed by atoms with van der Waals surface area (Å²) >= 11 is 0. The lowest BCUT2D eigenvalue weighted by atomic mass is 9.92. The van der Waals surface area contributed by atoms with Crippen LogP contribution in [0.3, 0.4) is 0 Å². The third-order valence-electron chi connectivity index (χ3n) is 5.27. The van der Waals surface area contributed by atoms with E-state index in [0.717, 1.165) is 12.8 Å². The summed E-state index contributed by atoms with van der Waals surface area (Å²) in [4.78, 5) is 19.1. The van der Waals surface area contributed by atoms with E-state index in [1.807, 2.05) is 0 Å². The van der Waals surface area contributed by atoms with Gasteiger partial charge in [0, 0.05) is 43.5 Å². The number of rotatable bonds is 3. The Morgan fingerprint density at radius 3 is 2.79 bits per heavy atom. The number of pyridine rings is 1. The lowest BCUT2D eigenvalue weighted by molar-refractivity contribution is 0.0704. The second-order valence-electron chi connectivity index (χ2n) is 7.28. The van der Waals surface area contributed by atoms with Gasteiger partial charge in [-0.05, 0) is 32.8 Å². The highest BCUT2D eigenvalue weighted by Crippen LogP contribution is 2.34. The molecule has 7 nitrogen and oxygen atoms in total. The number of alkyl halides is 2. The molecule has 9 heteroatoms. The molecule has 0 spiro atoms. The van der Waals surface area contributed by atoms with E-state index in [2.05, 4.69) is 15.2 Å². The maximum atomic E-state index is 13.6. The predicted molar refractivity (Wildman–Crippen MR) is 97.3 cm³/mol. The van der Waals surface area contributed by atoms with Crippen LogP contribution in [0.4, 0.5) is 8.78 Å². The summed E-state index contributed by atoms with van der Waals surface area (Å²) < 4.78 is 34.0. The summed E-state index contributed by atoms with van der Waals surface area (Å²) in [5, 5.41) is 8.27. The van der Waals surface area contributed by atoms with E-state index in [1.54, 1.807) is 36.7 Å². The van der Waals surface area contributed by atoms with E-state index in [0.29, 0.717) is 35.7 Å². The molecule has 1 atom stereocenters. The molecule has 0 radical (unpaired) electrons. The normalized spacial score (nSPS) is 17.6. The summed E-state index contributed by atoms with van der Waals surface area (Å²) in [5.41, 5.74) is 2.15. The second kappa shape index (κ2) is 6.96. The van der Waals surface area contributed by atoms with Crippen LogP contribution in [0.15, 0.2) is 16.8 Å². The van der Waals surface area contributed by atoms with Crippen molar-refractivity contribution in [2.45, 2.75) is 39.0 Å². The molecule has 1 amide bonds. The van der Waals surface area contributed by atoms with Crippen LogP contribution >= 0.6 is 0 Å². The summed E-state index contributed by atoms with van der Waals surface area (Å²) in [7, 11) is 1.77. The van der Waals surface area contributed by atoms with Crippen LogP contribution in [0.2, 0.25) is 0 Å². The van der Waals surface area contributed by atoms with Crippen molar-refractivity contribution < 1.29 is 18.1 Å². The Kier molecular flexibility index (Phi) is 4.60. The van der Waals surface area contributed by atoms with Gasteiger partial charge in [-0.15, -0.1) is 0 Å². The van der Waals surface area contributed by atoms with Gasteiger partial charge < -0.3 is 9.42 Å². The number of halogens is 2. The van der Waals surface area contributed by atoms with Gasteiger partial charge in [-0.2, -0.15) is 5.10 Å². The first kappa shape index (κ1) is 18.5. The lowest BCUT2D eigenvalue weighted by Gasteiger charge is -2.32. The summed E-state index contributed by atoms with van der Waals surface area (Å²) in [6.45, 7) is 4.46. The largest absolute Gasteiger partial charge is 0.338 e. The number of carbonyl (C=O) groups excluding carboxylic acids is 1. The van der Waals surface area contributed by atoms with Crippen molar-refractivity contribution >= 4 is 17.0 Å². The topological polar surface area (TPSA) is 77.0 Å². The zero-order chi connectivity index (χ0) is 20.0. The number of aromatic nitrogens is 4. The average molecular weight is 389 g/mol. The highest BCUT2D eigenvalue weighted by Gasteiger charge is 2.30. The Balaban J connectivity index is 1.64. The minimum absolute atomic E-state index is 0.0963. The number of carbonyl (C=O) groups is 1. The molecule has 0 aromatic carbocycles. The number of hydrogen-bond acceptors (Lipinski definition) is 5. The Morgan fingerprint density at radius 1 is 1.32 bits per heavy atom. The molecule has 3 aromatic heterocycles. The minimum Gasteiger partial charge on any atom is -0.338 e. The number of hydrogen-bond donors (Lipinski definition) is 0. The second-order valence-corrected chi connectivity index (χ2v) is 7.28. The summed E-state index contributed by atoms with van der Waals surface area (Å²) in [6.07, 6.45) is 0.596. The Hall–Kier alpha value is -2.84. The van der Waals surface area contributed by atoms with Crippen LogP contribution in [-0.4, -0.2) is 43.8 Å². The highest BCUT2D eigenvalue weighted by atomic mass is 19.3. The first-order valence-electron chi connectivity index (χ1n) is 9.19. The summed E-state index contributed by atoms with van der Waals surface area (Å²) in [5.74, 6) is -0.233. The van der Waals surface area contributed by atoms with Crippen molar-refractivity contribution in [3.63, 3.8) is 0 Å². The van der Waals surface area contributed by atoms with Crippen molar-refractivity contribution in [2.24, 2.45) is 7.05 Å². The SMILES string of the molecule is Cc1nn(C)cc1C(=O)N1CCCC(c2cc(C(F)F)c3c(C)noc3n2)C1. The van der Waals surface area contributed by atoms with Gasteiger partial charge in [-0.3, -0.25) is 9.48 Å². The Labute approximate surface area is 160 Å². The minimum atomic E-state index is -2.65. The molecule has 0 aliphatic carbocycles. The molecule has 1 aliphatic heterocycles. The number of nitrogens with zero attached hydrogens (tertiary/aromatic N) is 5. The van der Waals surface area contributed by atoms with Gasteiger partial charge in [0.15, 0.2) is 0 Å². The van der Waals surface area contributed by atoms with Gasteiger partial charge in [-0.1, -0.05) is 5.16 Å². The number of fused-ring (bicyclic) bond motifs is 1. The monoisotopic (exact) mass is 389 g/mol. The van der Waals surface area contributed by atoms with Crippen molar-refractivity contribution in [1.29, 1.82) is 0 Å². The van der Waals surface area contributed by atoms with Crippen molar-refractivity contribution in [3.05, 3.63) is 40.5 Å². The van der Waals surface area contributed by atoms with E-state index in [4.69, 9.17) is 4.52 Å². The molecule has 1 saturated heterocycles. The predicted octanol–water partition coefficient (Wildman–Crippen LogP) is 3.53. The summed E-state index contributed by atoms with van der Waals surface area (Å²) in [6, 6.07) is 1.44. The van der Waals surface area contributed by atoms with Crippen LogP contribution in [0.5, 0.6) is 0 Å². The van der Waals surface area contributed by atoms with Crippen LogP contribution in [0.1, 0.15) is 58.2 Å². The molecule has 0 bridgehead atoms. The first-order valence-corrected chi connectivity index (χ1v) is 9.19. The molecule has 1 unspecified atom stereocenters. The molecule has 0 saturated carbocycles. The van der Waals surface area contributed by atoms with Crippen molar-refractivity contribution in [3.8, 4) is 0 Å². The fourth-order valence-corrected chi connectivity index (χ4v) is 3.91. The molecule has 4 rings (SSSR count). The molecule has 0 N–H and O–H groups in total. The van der Waals surface area contributed by atoms with Crippen LogP contribution < -0.4 is 0 Å². The standard InChI is InChI=1S/C19H21F2N5O2/c1-10-14(9-25(3)23-10)19(27)26-6-4-5-12(8-26)15-7-13(17(20)21)16-11(2)24-28-18(16)22-15/h7,9,12,17H,4-6,8H2,1-3H3. The lowest BCUT2D eigenvalue weighted by Crippen LogP contribution is -2.39. The van der Waals surface area contributed by atoms with Crippen molar-refractivity contribution in [2.75, 3.05) is 13.1 Å². The third-order valence-corrected chi connectivity index (χ3v) is 5.27. The molecule has 28 heavy (non-hydrogen) atoms. The van der Waals surface area contributed by atoms with Crippen molar-refractivity contribution in [1.82, 2.24) is 24.8 Å². The van der Waals surface area contributed by atoms with Gasteiger partial charge in [-0.25, -0.2) is 13.8 Å². The van der Waals surface area contributed by atoms with Crippen LogP contribution in [0, 0.1) is 13.8 Å². The fraction of sp³-hybridized carbons (Fsp3) is 0.474. The Morgan fingerprint density at radius 2 is 2.11 bits per heavy atom. The van der Waals surface area contributed by atoms with Gasteiger partial charge in [0.2, 0.25) is 0 Å². The quantitative estimate of drug-likeness (QED) is 0.685. The van der Waals surface area contributed by atoms with Gasteiger partial charge >= 0.3 is 0 Å². The van der Waals surface area contributed by atoms with Crippen LogP contribution in [-0.2, 0) is 7.05 Å². The van der Waals surface area contributed by atoms with Crippen LogP contribution in [0.25, 0.3) is 11.1 Å². The Bertz CT molecular complexity index is 1040. The number of piperidine rings is 1. The van der Waals surface area contributed by atoms with Gasteiger partial charge in [0.25, 0.3) is 18.0 Å². The van der Waals surface area contributed by atoms with E-state index in [9.17, 15) is 13.6 Å². The molecule has 148 valence electrons. The van der Waals surface area contributed by atoms with E-state index >= 15 is 0 Å². The average Bonchev–Trinajstić information content (AvgIpc) is 3.22. The maximum Gasteiger partial charge on any atom is 0.264 e. The molecule has 1 aliphatic rings. The number of amides is 1. The zero-order valence-electron chi connectivity index (χ0n) is 15.9. The maximum absolute atomic E-state index is 13.6. The highest BCUT2D eigenvalue weighted by molar-refractivity contribution is 5.95. The van der Waals surface area contributed by atoms with Gasteiger partial charge in [0.05, 0.1) is 22.3 Å².